The van der Waals surface area contributed by atoms with E-state index in [1.165, 1.54) is 6.26 Å². The van der Waals surface area contributed by atoms with Gasteiger partial charge in [0.25, 0.3) is 0 Å². The fourth-order valence-corrected chi connectivity index (χ4v) is 1.48. The minimum atomic E-state index is -2.79. The van der Waals surface area contributed by atoms with Crippen LogP contribution in [0, 0.1) is 5.92 Å². The standard InChI is InChI=1S/C6H13ClO2S/c1-6(5-7)3-4-10(2,8)9/h6H,3-5H2,1-2H3. The maximum absolute atomic E-state index is 10.6. The third kappa shape index (κ3) is 6.36. The summed E-state index contributed by atoms with van der Waals surface area (Å²) in [5.74, 6) is 1.09. The van der Waals surface area contributed by atoms with Crippen molar-refractivity contribution in [3.05, 3.63) is 0 Å². The number of hydrogen-bond acceptors (Lipinski definition) is 2. The van der Waals surface area contributed by atoms with Crippen molar-refractivity contribution in [3.63, 3.8) is 0 Å². The van der Waals surface area contributed by atoms with Gasteiger partial charge >= 0.3 is 0 Å². The van der Waals surface area contributed by atoms with E-state index in [1.54, 1.807) is 0 Å². The van der Waals surface area contributed by atoms with Crippen molar-refractivity contribution in [1.82, 2.24) is 0 Å². The second-order valence-corrected chi connectivity index (χ2v) is 5.25. The Bertz CT molecular complexity index is 174. The highest BCUT2D eigenvalue weighted by atomic mass is 35.5. The predicted molar refractivity (Wildman–Crippen MR) is 44.2 cm³/mol. The number of halogens is 1. The zero-order chi connectivity index (χ0) is 8.20. The molecule has 0 aliphatic heterocycles. The van der Waals surface area contributed by atoms with Crippen LogP contribution in [0.3, 0.4) is 0 Å². The molecule has 0 radical (unpaired) electrons. The summed E-state index contributed by atoms with van der Waals surface area (Å²) < 4.78 is 21.2. The van der Waals surface area contributed by atoms with Crippen LogP contribution in [-0.4, -0.2) is 26.3 Å². The van der Waals surface area contributed by atoms with Crippen LogP contribution >= 0.6 is 11.6 Å². The Hall–Kier alpha value is 0.240. The lowest BCUT2D eigenvalue weighted by atomic mass is 10.2. The van der Waals surface area contributed by atoms with E-state index in [2.05, 4.69) is 0 Å². The molecule has 0 saturated heterocycles. The smallest absolute Gasteiger partial charge is 0.147 e. The molecule has 0 aliphatic carbocycles. The van der Waals surface area contributed by atoms with E-state index in [-0.39, 0.29) is 5.75 Å². The first kappa shape index (κ1) is 10.2. The Morgan fingerprint density at radius 1 is 1.50 bits per heavy atom. The Balaban J connectivity index is 3.56. The van der Waals surface area contributed by atoms with Crippen LogP contribution in [-0.2, 0) is 9.84 Å². The van der Waals surface area contributed by atoms with E-state index < -0.39 is 9.84 Å². The van der Waals surface area contributed by atoms with Crippen molar-refractivity contribution < 1.29 is 8.42 Å². The molecule has 0 heterocycles. The number of hydrogen-bond donors (Lipinski definition) is 0. The molecular weight excluding hydrogens is 172 g/mol. The summed E-state index contributed by atoms with van der Waals surface area (Å²) in [6.45, 7) is 1.94. The lowest BCUT2D eigenvalue weighted by molar-refractivity contribution is 0.580. The molecule has 62 valence electrons. The summed E-state index contributed by atoms with van der Waals surface area (Å²) in [7, 11) is -2.79. The van der Waals surface area contributed by atoms with Gasteiger partial charge in [0.1, 0.15) is 9.84 Å². The van der Waals surface area contributed by atoms with E-state index in [9.17, 15) is 8.42 Å². The second-order valence-electron chi connectivity index (χ2n) is 2.68. The normalized spacial score (nSPS) is 15.1. The summed E-state index contributed by atoms with van der Waals surface area (Å²) in [5, 5.41) is 0. The molecule has 2 nitrogen and oxygen atoms in total. The van der Waals surface area contributed by atoms with E-state index in [4.69, 9.17) is 11.6 Å². The van der Waals surface area contributed by atoms with Gasteiger partial charge in [-0.25, -0.2) is 8.42 Å². The van der Waals surface area contributed by atoms with E-state index >= 15 is 0 Å². The quantitative estimate of drug-likeness (QED) is 0.618. The second kappa shape index (κ2) is 4.19. The lowest BCUT2D eigenvalue weighted by Gasteiger charge is -2.03. The molecule has 4 heteroatoms. The van der Waals surface area contributed by atoms with Crippen molar-refractivity contribution in [2.75, 3.05) is 17.9 Å². The Morgan fingerprint density at radius 3 is 2.30 bits per heavy atom. The molecular formula is C6H13ClO2S. The Kier molecular flexibility index (Phi) is 4.29. The van der Waals surface area contributed by atoms with Crippen LogP contribution in [0.5, 0.6) is 0 Å². The van der Waals surface area contributed by atoms with Gasteiger partial charge < -0.3 is 0 Å². The van der Waals surface area contributed by atoms with Gasteiger partial charge in [-0.15, -0.1) is 11.6 Å². The van der Waals surface area contributed by atoms with Gasteiger partial charge in [-0.3, -0.25) is 0 Å². The van der Waals surface area contributed by atoms with E-state index in [0.29, 0.717) is 18.2 Å². The van der Waals surface area contributed by atoms with Gasteiger partial charge in [-0.1, -0.05) is 6.92 Å². The molecule has 0 aromatic carbocycles. The zero-order valence-corrected chi connectivity index (χ0v) is 7.87. The van der Waals surface area contributed by atoms with Gasteiger partial charge in [0, 0.05) is 12.1 Å². The zero-order valence-electron chi connectivity index (χ0n) is 6.30. The molecule has 0 aliphatic rings. The highest BCUT2D eigenvalue weighted by molar-refractivity contribution is 7.90. The molecule has 0 rings (SSSR count). The van der Waals surface area contributed by atoms with Crippen molar-refractivity contribution >= 4 is 21.4 Å². The maximum atomic E-state index is 10.6. The molecule has 1 unspecified atom stereocenters. The van der Waals surface area contributed by atoms with Crippen LogP contribution < -0.4 is 0 Å². The van der Waals surface area contributed by atoms with Crippen LogP contribution in [0.1, 0.15) is 13.3 Å². The monoisotopic (exact) mass is 184 g/mol. The SMILES string of the molecule is CC(CCl)CCS(C)(=O)=O. The number of sulfone groups is 1. The van der Waals surface area contributed by atoms with E-state index in [1.807, 2.05) is 6.92 Å². The topological polar surface area (TPSA) is 34.1 Å². The Labute approximate surface area is 67.5 Å². The molecule has 0 N–H and O–H groups in total. The van der Waals surface area contributed by atoms with Crippen molar-refractivity contribution in [2.45, 2.75) is 13.3 Å². The number of rotatable bonds is 4. The minimum Gasteiger partial charge on any atom is -0.229 e. The summed E-state index contributed by atoms with van der Waals surface area (Å²) in [6.07, 6.45) is 1.91. The van der Waals surface area contributed by atoms with Crippen LogP contribution in [0.4, 0.5) is 0 Å². The van der Waals surface area contributed by atoms with Gasteiger partial charge in [0.2, 0.25) is 0 Å². The molecule has 0 fully saturated rings. The third-order valence-corrected chi connectivity index (χ3v) is 2.75. The highest BCUT2D eigenvalue weighted by Gasteiger charge is 2.05. The largest absolute Gasteiger partial charge is 0.229 e. The fraction of sp³-hybridized carbons (Fsp3) is 1.00. The fourth-order valence-electron chi connectivity index (χ4n) is 0.492. The molecule has 0 aromatic heterocycles. The molecule has 0 amide bonds. The maximum Gasteiger partial charge on any atom is 0.147 e. The van der Waals surface area contributed by atoms with Crippen LogP contribution in [0.25, 0.3) is 0 Å². The summed E-state index contributed by atoms with van der Waals surface area (Å²) >= 11 is 5.49. The summed E-state index contributed by atoms with van der Waals surface area (Å²) in [5.41, 5.74) is 0. The van der Waals surface area contributed by atoms with Gasteiger partial charge in [-0.05, 0) is 12.3 Å². The Morgan fingerprint density at radius 2 is 2.00 bits per heavy atom. The van der Waals surface area contributed by atoms with Crippen molar-refractivity contribution in [2.24, 2.45) is 5.92 Å². The molecule has 1 atom stereocenters. The molecule has 0 aromatic rings. The summed E-state index contributed by atoms with van der Waals surface area (Å²) in [6, 6.07) is 0. The van der Waals surface area contributed by atoms with Crippen molar-refractivity contribution in [1.29, 1.82) is 0 Å². The van der Waals surface area contributed by atoms with Gasteiger partial charge in [0.05, 0.1) is 5.75 Å². The first-order valence-electron chi connectivity index (χ1n) is 3.19. The van der Waals surface area contributed by atoms with Gasteiger partial charge in [0.15, 0.2) is 0 Å². The van der Waals surface area contributed by atoms with Crippen LogP contribution in [0.2, 0.25) is 0 Å². The molecule has 0 spiro atoms. The predicted octanol–water partition coefficient (Wildman–Crippen LogP) is 1.30. The number of alkyl halides is 1. The lowest BCUT2D eigenvalue weighted by Crippen LogP contribution is -2.08. The first-order chi connectivity index (χ1) is 4.45. The average molecular weight is 185 g/mol. The van der Waals surface area contributed by atoms with Crippen LogP contribution in [0.15, 0.2) is 0 Å². The average Bonchev–Trinajstić information content (AvgIpc) is 1.81. The highest BCUT2D eigenvalue weighted by Crippen LogP contribution is 2.05. The minimum absolute atomic E-state index is 0.251. The molecule has 0 bridgehead atoms. The molecule has 10 heavy (non-hydrogen) atoms. The third-order valence-electron chi connectivity index (χ3n) is 1.24. The first-order valence-corrected chi connectivity index (χ1v) is 5.79. The summed E-state index contributed by atoms with van der Waals surface area (Å²) in [4.78, 5) is 0. The van der Waals surface area contributed by atoms with Gasteiger partial charge in [-0.2, -0.15) is 0 Å². The van der Waals surface area contributed by atoms with E-state index in [0.717, 1.165) is 0 Å². The molecule has 0 saturated carbocycles. The van der Waals surface area contributed by atoms with Crippen molar-refractivity contribution in [3.8, 4) is 0 Å².